The van der Waals surface area contributed by atoms with Crippen LogP contribution in [-0.4, -0.2) is 31.3 Å². The Labute approximate surface area is 116 Å². The van der Waals surface area contributed by atoms with Crippen LogP contribution in [0.2, 0.25) is 10.0 Å². The normalized spacial score (nSPS) is 14.1. The Balaban J connectivity index is 3.02. The molecular formula is C12H15Cl2NO3. The highest BCUT2D eigenvalue weighted by Crippen LogP contribution is 2.27. The largest absolute Gasteiger partial charge is 0.394 e. The Morgan fingerprint density at radius 3 is 2.39 bits per heavy atom. The van der Waals surface area contributed by atoms with Crippen LogP contribution in [0, 0.1) is 0 Å². The number of carbonyl (C=O) groups is 1. The minimum Gasteiger partial charge on any atom is -0.394 e. The molecule has 0 radical (unpaired) electrons. The van der Waals surface area contributed by atoms with E-state index in [2.05, 4.69) is 5.32 Å². The molecule has 100 valence electrons. The van der Waals surface area contributed by atoms with E-state index in [4.69, 9.17) is 27.9 Å². The first-order chi connectivity index (χ1) is 8.41. The standard InChI is InChI=1S/C12H15Cl2NO3/c1-12(7-16,15-11(17)6-18-2)8-3-9(13)5-10(14)4-8/h3-5,16H,6-7H2,1-2H3,(H,15,17). The lowest BCUT2D eigenvalue weighted by molar-refractivity contribution is -0.127. The summed E-state index contributed by atoms with van der Waals surface area (Å²) >= 11 is 11.8. The SMILES string of the molecule is COCC(=O)NC(C)(CO)c1cc(Cl)cc(Cl)c1. The average Bonchev–Trinajstić information content (AvgIpc) is 2.27. The Bertz CT molecular complexity index is 419. The maximum atomic E-state index is 11.5. The van der Waals surface area contributed by atoms with Gasteiger partial charge in [-0.25, -0.2) is 0 Å². The summed E-state index contributed by atoms with van der Waals surface area (Å²) in [5, 5.41) is 13.1. The molecule has 0 saturated carbocycles. The van der Waals surface area contributed by atoms with Gasteiger partial charge in [-0.15, -0.1) is 0 Å². The number of hydrogen-bond acceptors (Lipinski definition) is 3. The summed E-state index contributed by atoms with van der Waals surface area (Å²) in [6, 6.07) is 4.88. The van der Waals surface area contributed by atoms with Crippen LogP contribution in [0.3, 0.4) is 0 Å². The van der Waals surface area contributed by atoms with E-state index >= 15 is 0 Å². The first-order valence-corrected chi connectivity index (χ1v) is 6.04. The van der Waals surface area contributed by atoms with Crippen molar-refractivity contribution >= 4 is 29.1 Å². The van der Waals surface area contributed by atoms with Crippen molar-refractivity contribution in [2.45, 2.75) is 12.5 Å². The predicted molar refractivity (Wildman–Crippen MR) is 70.9 cm³/mol. The lowest BCUT2D eigenvalue weighted by Gasteiger charge is -2.29. The zero-order valence-electron chi connectivity index (χ0n) is 10.2. The van der Waals surface area contributed by atoms with Crippen molar-refractivity contribution in [3.63, 3.8) is 0 Å². The molecule has 1 rings (SSSR count). The van der Waals surface area contributed by atoms with Gasteiger partial charge >= 0.3 is 0 Å². The fourth-order valence-electron chi connectivity index (χ4n) is 1.55. The quantitative estimate of drug-likeness (QED) is 0.872. The molecule has 4 nitrogen and oxygen atoms in total. The number of benzene rings is 1. The maximum Gasteiger partial charge on any atom is 0.246 e. The smallest absolute Gasteiger partial charge is 0.246 e. The number of carbonyl (C=O) groups excluding carboxylic acids is 1. The lowest BCUT2D eigenvalue weighted by atomic mass is 9.93. The van der Waals surface area contributed by atoms with Crippen LogP contribution < -0.4 is 5.32 Å². The fourth-order valence-corrected chi connectivity index (χ4v) is 2.08. The van der Waals surface area contributed by atoms with Crippen molar-refractivity contribution in [1.82, 2.24) is 5.32 Å². The first kappa shape index (κ1) is 15.2. The van der Waals surface area contributed by atoms with Gasteiger partial charge in [-0.3, -0.25) is 4.79 Å². The number of amides is 1. The molecule has 0 bridgehead atoms. The van der Waals surface area contributed by atoms with E-state index in [0.717, 1.165) is 0 Å². The molecule has 1 aromatic carbocycles. The molecule has 0 aliphatic carbocycles. The second-order valence-electron chi connectivity index (χ2n) is 4.13. The molecule has 6 heteroatoms. The van der Waals surface area contributed by atoms with Crippen LogP contribution in [0.1, 0.15) is 12.5 Å². The highest BCUT2D eigenvalue weighted by atomic mass is 35.5. The van der Waals surface area contributed by atoms with E-state index in [0.29, 0.717) is 15.6 Å². The third-order valence-corrected chi connectivity index (χ3v) is 2.94. The summed E-state index contributed by atoms with van der Waals surface area (Å²) < 4.78 is 4.73. The van der Waals surface area contributed by atoms with E-state index in [1.165, 1.54) is 7.11 Å². The van der Waals surface area contributed by atoms with E-state index in [1.807, 2.05) is 0 Å². The van der Waals surface area contributed by atoms with E-state index in [-0.39, 0.29) is 19.1 Å². The Morgan fingerprint density at radius 2 is 1.94 bits per heavy atom. The minimum absolute atomic E-state index is 0.0795. The Hall–Kier alpha value is -0.810. The predicted octanol–water partition coefficient (Wildman–Crippen LogP) is 1.96. The summed E-state index contributed by atoms with van der Waals surface area (Å²) in [5.41, 5.74) is -0.323. The lowest BCUT2D eigenvalue weighted by Crippen LogP contribution is -2.47. The Kier molecular flexibility index (Phi) is 5.41. The van der Waals surface area contributed by atoms with Gasteiger partial charge in [-0.2, -0.15) is 0 Å². The third-order valence-electron chi connectivity index (χ3n) is 2.51. The van der Waals surface area contributed by atoms with Crippen molar-refractivity contribution in [1.29, 1.82) is 0 Å². The van der Waals surface area contributed by atoms with Crippen LogP contribution in [0.5, 0.6) is 0 Å². The second-order valence-corrected chi connectivity index (χ2v) is 5.00. The van der Waals surface area contributed by atoms with E-state index < -0.39 is 5.54 Å². The van der Waals surface area contributed by atoms with Crippen LogP contribution in [0.15, 0.2) is 18.2 Å². The molecule has 18 heavy (non-hydrogen) atoms. The van der Waals surface area contributed by atoms with Gasteiger partial charge in [0, 0.05) is 17.2 Å². The molecular weight excluding hydrogens is 277 g/mol. The number of methoxy groups -OCH3 is 1. The van der Waals surface area contributed by atoms with Gasteiger partial charge in [-0.05, 0) is 30.7 Å². The zero-order chi connectivity index (χ0) is 13.8. The van der Waals surface area contributed by atoms with Crippen molar-refractivity contribution in [2.24, 2.45) is 0 Å². The molecule has 2 N–H and O–H groups in total. The highest BCUT2D eigenvalue weighted by Gasteiger charge is 2.28. The van der Waals surface area contributed by atoms with Crippen molar-refractivity contribution in [3.05, 3.63) is 33.8 Å². The van der Waals surface area contributed by atoms with Gasteiger partial charge in [0.1, 0.15) is 6.61 Å². The van der Waals surface area contributed by atoms with Gasteiger partial charge in [0.25, 0.3) is 0 Å². The van der Waals surface area contributed by atoms with E-state index in [9.17, 15) is 9.90 Å². The maximum absolute atomic E-state index is 11.5. The number of rotatable bonds is 5. The second kappa shape index (κ2) is 6.38. The molecule has 0 aromatic heterocycles. The van der Waals surface area contributed by atoms with Gasteiger partial charge < -0.3 is 15.2 Å². The van der Waals surface area contributed by atoms with E-state index in [1.54, 1.807) is 25.1 Å². The number of halogens is 2. The zero-order valence-corrected chi connectivity index (χ0v) is 11.7. The van der Waals surface area contributed by atoms with Crippen LogP contribution in [-0.2, 0) is 15.1 Å². The van der Waals surface area contributed by atoms with Crippen LogP contribution in [0.4, 0.5) is 0 Å². The van der Waals surface area contributed by atoms with Gasteiger partial charge in [0.05, 0.1) is 12.1 Å². The number of hydrogen-bond donors (Lipinski definition) is 2. The molecule has 0 aliphatic rings. The molecule has 1 unspecified atom stereocenters. The topological polar surface area (TPSA) is 58.6 Å². The number of ether oxygens (including phenoxy) is 1. The summed E-state index contributed by atoms with van der Waals surface area (Å²) in [5.74, 6) is -0.329. The molecule has 0 aliphatic heterocycles. The molecule has 0 spiro atoms. The Morgan fingerprint density at radius 1 is 1.39 bits per heavy atom. The number of aliphatic hydroxyl groups excluding tert-OH is 1. The molecule has 1 aromatic rings. The van der Waals surface area contributed by atoms with Crippen molar-refractivity contribution < 1.29 is 14.6 Å². The van der Waals surface area contributed by atoms with Gasteiger partial charge in [0.2, 0.25) is 5.91 Å². The monoisotopic (exact) mass is 291 g/mol. The van der Waals surface area contributed by atoms with Gasteiger partial charge in [-0.1, -0.05) is 23.2 Å². The van der Waals surface area contributed by atoms with Crippen molar-refractivity contribution in [2.75, 3.05) is 20.3 Å². The first-order valence-electron chi connectivity index (χ1n) is 5.28. The molecule has 0 saturated heterocycles. The molecule has 1 amide bonds. The molecule has 0 heterocycles. The fraction of sp³-hybridized carbons (Fsp3) is 0.417. The molecule has 1 atom stereocenters. The number of nitrogens with one attached hydrogen (secondary N) is 1. The van der Waals surface area contributed by atoms with Crippen LogP contribution >= 0.6 is 23.2 Å². The third kappa shape index (κ3) is 3.85. The van der Waals surface area contributed by atoms with Crippen molar-refractivity contribution in [3.8, 4) is 0 Å². The van der Waals surface area contributed by atoms with Crippen LogP contribution in [0.25, 0.3) is 0 Å². The number of aliphatic hydroxyl groups is 1. The summed E-state index contributed by atoms with van der Waals surface area (Å²) in [6.45, 7) is 1.32. The van der Waals surface area contributed by atoms with Gasteiger partial charge in [0.15, 0.2) is 0 Å². The summed E-state index contributed by atoms with van der Waals surface area (Å²) in [4.78, 5) is 11.5. The summed E-state index contributed by atoms with van der Waals surface area (Å²) in [7, 11) is 1.42. The highest BCUT2D eigenvalue weighted by molar-refractivity contribution is 6.34. The summed E-state index contributed by atoms with van der Waals surface area (Å²) in [6.07, 6.45) is 0. The molecule has 0 fully saturated rings. The minimum atomic E-state index is -0.954. The average molecular weight is 292 g/mol.